The minimum Gasteiger partial charge on any atom is -0.378 e. The molecule has 5 heteroatoms. The SMILES string of the molecule is CO[C@H]1CNCC1NC(=O)c1cccn1C1CCC1. The lowest BCUT2D eigenvalue weighted by atomic mass is 9.93. The molecule has 0 bridgehead atoms. The number of carbonyl (C=O) groups is 1. The summed E-state index contributed by atoms with van der Waals surface area (Å²) in [6.45, 7) is 1.57. The zero-order valence-corrected chi connectivity index (χ0v) is 11.3. The lowest BCUT2D eigenvalue weighted by Gasteiger charge is -2.29. The van der Waals surface area contributed by atoms with Gasteiger partial charge in [0.15, 0.2) is 0 Å². The van der Waals surface area contributed by atoms with Crippen LogP contribution in [0.5, 0.6) is 0 Å². The second-order valence-electron chi connectivity index (χ2n) is 5.40. The standard InChI is InChI=1S/C14H21N3O2/c1-19-13-9-15-8-11(13)16-14(18)12-6-3-7-17(12)10-4-2-5-10/h3,6-7,10-11,13,15H,2,4-5,8-9H2,1H3,(H,16,18)/t11?,13-/m0/s1. The van der Waals surface area contributed by atoms with E-state index in [1.54, 1.807) is 7.11 Å². The number of nitrogens with one attached hydrogen (secondary N) is 2. The van der Waals surface area contributed by atoms with Crippen LogP contribution < -0.4 is 10.6 Å². The molecule has 0 aromatic carbocycles. The van der Waals surface area contributed by atoms with Crippen molar-refractivity contribution >= 4 is 5.91 Å². The summed E-state index contributed by atoms with van der Waals surface area (Å²) in [5.41, 5.74) is 0.770. The van der Waals surface area contributed by atoms with Gasteiger partial charge >= 0.3 is 0 Å². The van der Waals surface area contributed by atoms with Gasteiger partial charge in [0.2, 0.25) is 0 Å². The Morgan fingerprint density at radius 3 is 3.00 bits per heavy atom. The number of carbonyl (C=O) groups excluding carboxylic acids is 1. The van der Waals surface area contributed by atoms with Crippen LogP contribution in [0.15, 0.2) is 18.3 Å². The first kappa shape index (κ1) is 12.7. The molecule has 2 heterocycles. The molecule has 5 nitrogen and oxygen atoms in total. The fourth-order valence-electron chi connectivity index (χ4n) is 2.86. The van der Waals surface area contributed by atoms with E-state index >= 15 is 0 Å². The zero-order chi connectivity index (χ0) is 13.2. The molecule has 19 heavy (non-hydrogen) atoms. The van der Waals surface area contributed by atoms with Crippen molar-refractivity contribution in [3.05, 3.63) is 24.0 Å². The Morgan fingerprint density at radius 2 is 2.32 bits per heavy atom. The summed E-state index contributed by atoms with van der Waals surface area (Å²) in [7, 11) is 1.69. The monoisotopic (exact) mass is 263 g/mol. The van der Waals surface area contributed by atoms with Gasteiger partial charge in [0.25, 0.3) is 5.91 Å². The van der Waals surface area contributed by atoms with Crippen molar-refractivity contribution in [3.8, 4) is 0 Å². The van der Waals surface area contributed by atoms with Gasteiger partial charge in [0.1, 0.15) is 5.69 Å². The van der Waals surface area contributed by atoms with E-state index in [2.05, 4.69) is 15.2 Å². The quantitative estimate of drug-likeness (QED) is 0.849. The number of methoxy groups -OCH3 is 1. The van der Waals surface area contributed by atoms with E-state index in [0.29, 0.717) is 6.04 Å². The number of ether oxygens (including phenoxy) is 1. The van der Waals surface area contributed by atoms with E-state index in [4.69, 9.17) is 4.74 Å². The first-order valence-corrected chi connectivity index (χ1v) is 7.01. The van der Waals surface area contributed by atoms with Crippen molar-refractivity contribution in [3.63, 3.8) is 0 Å². The number of hydrogen-bond acceptors (Lipinski definition) is 3. The molecule has 1 aromatic rings. The van der Waals surface area contributed by atoms with Gasteiger partial charge in [-0.25, -0.2) is 0 Å². The maximum absolute atomic E-state index is 12.4. The molecule has 3 rings (SSSR count). The molecule has 1 aromatic heterocycles. The summed E-state index contributed by atoms with van der Waals surface area (Å²) in [5.74, 6) is 0.00708. The largest absolute Gasteiger partial charge is 0.378 e. The van der Waals surface area contributed by atoms with E-state index in [9.17, 15) is 4.79 Å². The van der Waals surface area contributed by atoms with Crippen molar-refractivity contribution in [1.82, 2.24) is 15.2 Å². The molecular weight excluding hydrogens is 242 g/mol. The Kier molecular flexibility index (Phi) is 3.57. The van der Waals surface area contributed by atoms with Crippen LogP contribution in [0.25, 0.3) is 0 Å². The molecule has 2 atom stereocenters. The number of rotatable bonds is 4. The van der Waals surface area contributed by atoms with Crippen molar-refractivity contribution in [2.45, 2.75) is 37.5 Å². The lowest BCUT2D eigenvalue weighted by molar-refractivity contribution is 0.0769. The minimum atomic E-state index is 0.00708. The topological polar surface area (TPSA) is 55.3 Å². The molecule has 2 aliphatic rings. The third kappa shape index (κ3) is 2.40. The van der Waals surface area contributed by atoms with E-state index < -0.39 is 0 Å². The van der Waals surface area contributed by atoms with Crippen LogP contribution in [0.3, 0.4) is 0 Å². The smallest absolute Gasteiger partial charge is 0.268 e. The van der Waals surface area contributed by atoms with Crippen LogP contribution in [0.2, 0.25) is 0 Å². The van der Waals surface area contributed by atoms with E-state index in [1.807, 2.05) is 18.3 Å². The average molecular weight is 263 g/mol. The van der Waals surface area contributed by atoms with Gasteiger partial charge in [-0.1, -0.05) is 0 Å². The van der Waals surface area contributed by atoms with Crippen molar-refractivity contribution in [2.24, 2.45) is 0 Å². The predicted octanol–water partition coefficient (Wildman–Crippen LogP) is 0.930. The van der Waals surface area contributed by atoms with Gasteiger partial charge in [0, 0.05) is 32.4 Å². The Morgan fingerprint density at radius 1 is 1.47 bits per heavy atom. The molecule has 0 radical (unpaired) electrons. The van der Waals surface area contributed by atoms with Crippen LogP contribution in [0, 0.1) is 0 Å². The van der Waals surface area contributed by atoms with Crippen molar-refractivity contribution in [2.75, 3.05) is 20.2 Å². The van der Waals surface area contributed by atoms with Crippen molar-refractivity contribution < 1.29 is 9.53 Å². The van der Waals surface area contributed by atoms with Crippen molar-refractivity contribution in [1.29, 1.82) is 0 Å². The summed E-state index contributed by atoms with van der Waals surface area (Å²) < 4.78 is 7.48. The van der Waals surface area contributed by atoms with Crippen LogP contribution in [-0.2, 0) is 4.74 Å². The lowest BCUT2D eigenvalue weighted by Crippen LogP contribution is -2.44. The Bertz CT molecular complexity index is 453. The van der Waals surface area contributed by atoms with Gasteiger partial charge < -0.3 is 19.9 Å². The zero-order valence-electron chi connectivity index (χ0n) is 11.3. The normalized spacial score (nSPS) is 27.2. The molecule has 1 aliphatic heterocycles. The first-order valence-electron chi connectivity index (χ1n) is 7.01. The second-order valence-corrected chi connectivity index (χ2v) is 5.40. The Balaban J connectivity index is 1.68. The first-order chi connectivity index (χ1) is 9.29. The van der Waals surface area contributed by atoms with E-state index in [-0.39, 0.29) is 18.1 Å². The average Bonchev–Trinajstić information content (AvgIpc) is 2.95. The highest BCUT2D eigenvalue weighted by Crippen LogP contribution is 2.32. The maximum atomic E-state index is 12.4. The molecule has 1 amide bonds. The molecular formula is C14H21N3O2. The highest BCUT2D eigenvalue weighted by molar-refractivity contribution is 5.93. The van der Waals surface area contributed by atoms with Crippen LogP contribution >= 0.6 is 0 Å². The summed E-state index contributed by atoms with van der Waals surface area (Å²) in [5, 5.41) is 6.32. The van der Waals surface area contributed by atoms with Crippen LogP contribution in [-0.4, -0.2) is 42.8 Å². The number of nitrogens with zero attached hydrogens (tertiary/aromatic N) is 1. The molecule has 1 unspecified atom stereocenters. The molecule has 1 aliphatic carbocycles. The van der Waals surface area contributed by atoms with Gasteiger partial charge in [-0.05, 0) is 31.4 Å². The van der Waals surface area contributed by atoms with Crippen LogP contribution in [0.1, 0.15) is 35.8 Å². The molecule has 1 saturated heterocycles. The molecule has 1 saturated carbocycles. The van der Waals surface area contributed by atoms with Gasteiger partial charge in [-0.15, -0.1) is 0 Å². The summed E-state index contributed by atoms with van der Waals surface area (Å²) in [4.78, 5) is 12.4. The summed E-state index contributed by atoms with van der Waals surface area (Å²) in [6, 6.07) is 4.42. The number of hydrogen-bond donors (Lipinski definition) is 2. The fourth-order valence-corrected chi connectivity index (χ4v) is 2.86. The van der Waals surface area contributed by atoms with Gasteiger partial charge in [-0.3, -0.25) is 4.79 Å². The third-order valence-corrected chi connectivity index (χ3v) is 4.26. The van der Waals surface area contributed by atoms with Gasteiger partial charge in [0.05, 0.1) is 12.1 Å². The van der Waals surface area contributed by atoms with E-state index in [1.165, 1.54) is 19.3 Å². The Labute approximate surface area is 113 Å². The predicted molar refractivity (Wildman–Crippen MR) is 72.2 cm³/mol. The maximum Gasteiger partial charge on any atom is 0.268 e. The highest BCUT2D eigenvalue weighted by atomic mass is 16.5. The molecule has 2 fully saturated rings. The number of amides is 1. The highest BCUT2D eigenvalue weighted by Gasteiger charge is 2.30. The third-order valence-electron chi connectivity index (χ3n) is 4.26. The fraction of sp³-hybridized carbons (Fsp3) is 0.643. The summed E-state index contributed by atoms with van der Waals surface area (Å²) >= 11 is 0. The number of aromatic nitrogens is 1. The van der Waals surface area contributed by atoms with E-state index in [0.717, 1.165) is 18.8 Å². The van der Waals surface area contributed by atoms with Gasteiger partial charge in [-0.2, -0.15) is 0 Å². The molecule has 2 N–H and O–H groups in total. The minimum absolute atomic E-state index is 0.00708. The summed E-state index contributed by atoms with van der Waals surface area (Å²) in [6.07, 6.45) is 5.71. The molecule has 104 valence electrons. The molecule has 0 spiro atoms. The van der Waals surface area contributed by atoms with Crippen LogP contribution in [0.4, 0.5) is 0 Å². The second kappa shape index (κ2) is 5.35. The Hall–Kier alpha value is -1.33.